The first-order chi connectivity index (χ1) is 9.06. The van der Waals surface area contributed by atoms with Gasteiger partial charge in [-0.05, 0) is 24.1 Å². The van der Waals surface area contributed by atoms with Gasteiger partial charge in [-0.2, -0.15) is 0 Å². The Morgan fingerprint density at radius 3 is 2.63 bits per heavy atom. The van der Waals surface area contributed by atoms with Crippen molar-refractivity contribution in [2.45, 2.75) is 32.9 Å². The van der Waals surface area contributed by atoms with Gasteiger partial charge in [0.1, 0.15) is 0 Å². The zero-order valence-corrected chi connectivity index (χ0v) is 11.7. The Bertz CT molecular complexity index is 428. The predicted molar refractivity (Wildman–Crippen MR) is 77.9 cm³/mol. The minimum absolute atomic E-state index is 0.00211. The van der Waals surface area contributed by atoms with Crippen LogP contribution in [0.4, 0.5) is 5.69 Å². The number of nitrogens with zero attached hydrogens (tertiary/aromatic N) is 1. The molecule has 1 aliphatic heterocycles. The SMILES string of the molecule is CC(C)NCc1ccc(N2CCC(C(N)=O)C2)cc1. The van der Waals surface area contributed by atoms with E-state index in [9.17, 15) is 4.79 Å². The molecule has 1 fully saturated rings. The normalized spacial score (nSPS) is 19.1. The second kappa shape index (κ2) is 6.06. The van der Waals surface area contributed by atoms with Crippen LogP contribution >= 0.6 is 0 Å². The fraction of sp³-hybridized carbons (Fsp3) is 0.533. The van der Waals surface area contributed by atoms with Gasteiger partial charge < -0.3 is 16.0 Å². The van der Waals surface area contributed by atoms with Gasteiger partial charge in [-0.1, -0.05) is 26.0 Å². The van der Waals surface area contributed by atoms with Crippen molar-refractivity contribution in [3.05, 3.63) is 29.8 Å². The molecule has 0 aliphatic carbocycles. The summed E-state index contributed by atoms with van der Waals surface area (Å²) in [6.45, 7) is 6.84. The maximum absolute atomic E-state index is 11.2. The first-order valence-electron chi connectivity index (χ1n) is 6.93. The van der Waals surface area contributed by atoms with E-state index in [1.165, 1.54) is 11.3 Å². The third-order valence-electron chi connectivity index (χ3n) is 3.61. The lowest BCUT2D eigenvalue weighted by atomic mass is 10.1. The highest BCUT2D eigenvalue weighted by molar-refractivity contribution is 5.78. The number of nitrogens with one attached hydrogen (secondary N) is 1. The molecule has 19 heavy (non-hydrogen) atoms. The number of hydrogen-bond acceptors (Lipinski definition) is 3. The van der Waals surface area contributed by atoms with Gasteiger partial charge in [0, 0.05) is 31.4 Å². The monoisotopic (exact) mass is 261 g/mol. The first-order valence-corrected chi connectivity index (χ1v) is 6.93. The summed E-state index contributed by atoms with van der Waals surface area (Å²) >= 11 is 0. The largest absolute Gasteiger partial charge is 0.371 e. The summed E-state index contributed by atoms with van der Waals surface area (Å²) in [5.41, 5.74) is 7.81. The first kappa shape index (κ1) is 13.9. The molecule has 0 saturated carbocycles. The van der Waals surface area contributed by atoms with Crippen molar-refractivity contribution in [2.75, 3.05) is 18.0 Å². The highest BCUT2D eigenvalue weighted by atomic mass is 16.1. The lowest BCUT2D eigenvalue weighted by Gasteiger charge is -2.18. The van der Waals surface area contributed by atoms with E-state index in [4.69, 9.17) is 5.73 Å². The van der Waals surface area contributed by atoms with Crippen molar-refractivity contribution in [1.29, 1.82) is 0 Å². The summed E-state index contributed by atoms with van der Waals surface area (Å²) in [6, 6.07) is 9.03. The van der Waals surface area contributed by atoms with Crippen LogP contribution in [0, 0.1) is 5.92 Å². The number of carbonyl (C=O) groups is 1. The fourth-order valence-electron chi connectivity index (χ4n) is 2.37. The van der Waals surface area contributed by atoms with E-state index in [0.717, 1.165) is 26.1 Å². The second-order valence-corrected chi connectivity index (χ2v) is 5.54. The number of primary amides is 1. The van der Waals surface area contributed by atoms with Crippen LogP contribution < -0.4 is 16.0 Å². The van der Waals surface area contributed by atoms with Crippen LogP contribution in [0.2, 0.25) is 0 Å². The Labute approximate surface area is 115 Å². The van der Waals surface area contributed by atoms with Gasteiger partial charge in [-0.3, -0.25) is 4.79 Å². The smallest absolute Gasteiger partial charge is 0.222 e. The number of rotatable bonds is 5. The number of hydrogen-bond donors (Lipinski definition) is 2. The van der Waals surface area contributed by atoms with Crippen LogP contribution in [-0.4, -0.2) is 25.0 Å². The minimum atomic E-state index is -0.180. The minimum Gasteiger partial charge on any atom is -0.371 e. The molecule has 0 aromatic heterocycles. The van der Waals surface area contributed by atoms with Crippen molar-refractivity contribution in [3.63, 3.8) is 0 Å². The molecule has 0 spiro atoms. The molecule has 1 saturated heterocycles. The van der Waals surface area contributed by atoms with Crippen molar-refractivity contribution >= 4 is 11.6 Å². The highest BCUT2D eigenvalue weighted by Gasteiger charge is 2.26. The highest BCUT2D eigenvalue weighted by Crippen LogP contribution is 2.23. The topological polar surface area (TPSA) is 58.4 Å². The molecule has 0 radical (unpaired) electrons. The third kappa shape index (κ3) is 3.70. The number of amides is 1. The van der Waals surface area contributed by atoms with Crippen LogP contribution in [-0.2, 0) is 11.3 Å². The van der Waals surface area contributed by atoms with Crippen molar-refractivity contribution in [3.8, 4) is 0 Å². The summed E-state index contributed by atoms with van der Waals surface area (Å²) < 4.78 is 0. The van der Waals surface area contributed by atoms with Crippen LogP contribution in [0.1, 0.15) is 25.8 Å². The standard InChI is InChI=1S/C15H23N3O/c1-11(2)17-9-12-3-5-14(6-4-12)18-8-7-13(10-18)15(16)19/h3-6,11,13,17H,7-10H2,1-2H3,(H2,16,19). The summed E-state index contributed by atoms with van der Waals surface area (Å²) in [5, 5.41) is 3.40. The number of nitrogens with two attached hydrogens (primary N) is 1. The lowest BCUT2D eigenvalue weighted by Crippen LogP contribution is -2.27. The van der Waals surface area contributed by atoms with Crippen molar-refractivity contribution < 1.29 is 4.79 Å². The molecular weight excluding hydrogens is 238 g/mol. The molecule has 1 unspecified atom stereocenters. The van der Waals surface area contributed by atoms with E-state index in [1.54, 1.807) is 0 Å². The predicted octanol–water partition coefficient (Wildman–Crippen LogP) is 1.50. The maximum Gasteiger partial charge on any atom is 0.222 e. The molecule has 4 heteroatoms. The zero-order chi connectivity index (χ0) is 13.8. The maximum atomic E-state index is 11.2. The Hall–Kier alpha value is -1.55. The van der Waals surface area contributed by atoms with Crippen LogP contribution in [0.15, 0.2) is 24.3 Å². The van der Waals surface area contributed by atoms with Gasteiger partial charge in [0.25, 0.3) is 0 Å². The van der Waals surface area contributed by atoms with Gasteiger partial charge in [-0.15, -0.1) is 0 Å². The Balaban J connectivity index is 1.93. The molecular formula is C15H23N3O. The van der Waals surface area contributed by atoms with Gasteiger partial charge in [-0.25, -0.2) is 0 Å². The molecule has 4 nitrogen and oxygen atoms in total. The molecule has 2 rings (SSSR count). The van der Waals surface area contributed by atoms with E-state index >= 15 is 0 Å². The summed E-state index contributed by atoms with van der Waals surface area (Å²) in [5.74, 6) is -0.178. The zero-order valence-electron chi connectivity index (χ0n) is 11.7. The second-order valence-electron chi connectivity index (χ2n) is 5.54. The number of benzene rings is 1. The average Bonchev–Trinajstić information content (AvgIpc) is 2.86. The van der Waals surface area contributed by atoms with Gasteiger partial charge in [0.15, 0.2) is 0 Å². The third-order valence-corrected chi connectivity index (χ3v) is 3.61. The molecule has 3 N–H and O–H groups in total. The number of carbonyl (C=O) groups excluding carboxylic acids is 1. The Morgan fingerprint density at radius 2 is 2.11 bits per heavy atom. The van der Waals surface area contributed by atoms with Crippen molar-refractivity contribution in [2.24, 2.45) is 11.7 Å². The van der Waals surface area contributed by atoms with E-state index in [0.29, 0.717) is 6.04 Å². The molecule has 104 valence electrons. The quantitative estimate of drug-likeness (QED) is 0.844. The van der Waals surface area contributed by atoms with Crippen LogP contribution in [0.5, 0.6) is 0 Å². The van der Waals surface area contributed by atoms with Gasteiger partial charge in [0.05, 0.1) is 5.92 Å². The van der Waals surface area contributed by atoms with E-state index in [2.05, 4.69) is 48.3 Å². The van der Waals surface area contributed by atoms with E-state index in [1.807, 2.05) is 0 Å². The summed E-state index contributed by atoms with van der Waals surface area (Å²) in [7, 11) is 0. The Kier molecular flexibility index (Phi) is 4.43. The molecule has 1 amide bonds. The molecule has 1 aliphatic rings. The van der Waals surface area contributed by atoms with Crippen LogP contribution in [0.3, 0.4) is 0 Å². The Morgan fingerprint density at radius 1 is 1.42 bits per heavy atom. The van der Waals surface area contributed by atoms with E-state index < -0.39 is 0 Å². The molecule has 1 aromatic rings. The number of anilines is 1. The summed E-state index contributed by atoms with van der Waals surface area (Å²) in [4.78, 5) is 13.4. The van der Waals surface area contributed by atoms with Crippen molar-refractivity contribution in [1.82, 2.24) is 5.32 Å². The average molecular weight is 261 g/mol. The van der Waals surface area contributed by atoms with Crippen LogP contribution in [0.25, 0.3) is 0 Å². The molecule has 1 atom stereocenters. The lowest BCUT2D eigenvalue weighted by molar-refractivity contribution is -0.121. The molecule has 0 bridgehead atoms. The molecule has 1 heterocycles. The molecule has 1 aromatic carbocycles. The summed E-state index contributed by atoms with van der Waals surface area (Å²) in [6.07, 6.45) is 0.867. The van der Waals surface area contributed by atoms with E-state index in [-0.39, 0.29) is 11.8 Å². The fourth-order valence-corrected chi connectivity index (χ4v) is 2.37. The van der Waals surface area contributed by atoms with Gasteiger partial charge >= 0.3 is 0 Å². The van der Waals surface area contributed by atoms with Gasteiger partial charge in [0.2, 0.25) is 5.91 Å².